The largest absolute Gasteiger partial charge is 0.325 e. The van der Waals surface area contributed by atoms with E-state index in [1.54, 1.807) is 32.3 Å². The third-order valence-electron chi connectivity index (χ3n) is 1.98. The predicted octanol–water partition coefficient (Wildman–Crippen LogP) is 1.12. The van der Waals surface area contributed by atoms with Crippen LogP contribution in [0.3, 0.4) is 0 Å². The van der Waals surface area contributed by atoms with Gasteiger partial charge in [-0.2, -0.15) is 0 Å². The van der Waals surface area contributed by atoms with E-state index in [0.717, 1.165) is 0 Å². The number of rotatable bonds is 3. The second kappa shape index (κ2) is 4.50. The third-order valence-corrected chi connectivity index (χ3v) is 1.98. The first kappa shape index (κ1) is 10.4. The van der Waals surface area contributed by atoms with Gasteiger partial charge in [0.15, 0.2) is 0 Å². The molecule has 0 saturated heterocycles. The zero-order valence-electron chi connectivity index (χ0n) is 8.24. The highest BCUT2D eigenvalue weighted by Crippen LogP contribution is 2.06. The van der Waals surface area contributed by atoms with Gasteiger partial charge in [0, 0.05) is 30.7 Å². The summed E-state index contributed by atoms with van der Waals surface area (Å²) in [7, 11) is 1.64. The van der Waals surface area contributed by atoms with Crippen LogP contribution in [-0.2, 0) is 0 Å². The summed E-state index contributed by atoms with van der Waals surface area (Å²) in [5, 5.41) is 7.19. The summed E-state index contributed by atoms with van der Waals surface area (Å²) >= 11 is 0. The predicted molar refractivity (Wildman–Crippen MR) is 57.7 cm³/mol. The Balaban J connectivity index is 3.12. The molecule has 0 aliphatic heterocycles. The van der Waals surface area contributed by atoms with E-state index in [1.165, 1.54) is 6.21 Å². The number of H-pyrrole nitrogens is 1. The Bertz CT molecular complexity index is 406. The Kier molecular flexibility index (Phi) is 3.34. The molecule has 0 radical (unpaired) electrons. The second-order valence-corrected chi connectivity index (χ2v) is 3.03. The average Bonchev–Trinajstić information content (AvgIpc) is 2.19. The summed E-state index contributed by atoms with van der Waals surface area (Å²) < 4.78 is 0. The SMILES string of the molecule is CN=CC(C=N)c1ccc(C)c(=O)[nH]1. The minimum atomic E-state index is -0.242. The maximum atomic E-state index is 11.3. The van der Waals surface area contributed by atoms with Crippen LogP contribution in [0.25, 0.3) is 0 Å². The van der Waals surface area contributed by atoms with Crippen LogP contribution in [0.1, 0.15) is 17.2 Å². The monoisotopic (exact) mass is 191 g/mol. The van der Waals surface area contributed by atoms with E-state index in [1.807, 2.05) is 0 Å². The molecule has 0 saturated carbocycles. The minimum absolute atomic E-state index is 0.112. The van der Waals surface area contributed by atoms with Crippen LogP contribution in [-0.4, -0.2) is 24.5 Å². The van der Waals surface area contributed by atoms with Gasteiger partial charge in [-0.3, -0.25) is 9.79 Å². The van der Waals surface area contributed by atoms with Gasteiger partial charge in [0.05, 0.1) is 5.92 Å². The molecule has 1 rings (SSSR count). The lowest BCUT2D eigenvalue weighted by Gasteiger charge is -2.05. The maximum absolute atomic E-state index is 11.3. The number of aromatic nitrogens is 1. The molecule has 74 valence electrons. The van der Waals surface area contributed by atoms with Crippen molar-refractivity contribution in [1.29, 1.82) is 5.41 Å². The van der Waals surface area contributed by atoms with E-state index in [0.29, 0.717) is 11.3 Å². The van der Waals surface area contributed by atoms with Crippen molar-refractivity contribution in [2.45, 2.75) is 12.8 Å². The number of hydrogen-bond acceptors (Lipinski definition) is 3. The fraction of sp³-hybridized carbons (Fsp3) is 0.300. The van der Waals surface area contributed by atoms with Crippen molar-refractivity contribution in [2.75, 3.05) is 7.05 Å². The van der Waals surface area contributed by atoms with E-state index < -0.39 is 0 Å². The molecule has 0 aliphatic rings. The molecule has 0 spiro atoms. The first-order chi connectivity index (χ1) is 6.69. The molecule has 1 aromatic heterocycles. The van der Waals surface area contributed by atoms with Gasteiger partial charge >= 0.3 is 0 Å². The first-order valence-electron chi connectivity index (χ1n) is 4.31. The molecule has 4 heteroatoms. The highest BCUT2D eigenvalue weighted by atomic mass is 16.1. The molecule has 1 aromatic rings. The zero-order chi connectivity index (χ0) is 10.6. The average molecular weight is 191 g/mol. The van der Waals surface area contributed by atoms with Crippen LogP contribution in [0.15, 0.2) is 21.9 Å². The Hall–Kier alpha value is -1.71. The topological polar surface area (TPSA) is 69.1 Å². The fourth-order valence-electron chi connectivity index (χ4n) is 1.13. The van der Waals surface area contributed by atoms with Gasteiger partial charge in [-0.25, -0.2) is 0 Å². The van der Waals surface area contributed by atoms with Gasteiger partial charge in [0.2, 0.25) is 0 Å². The molecule has 0 bridgehead atoms. The van der Waals surface area contributed by atoms with Crippen LogP contribution >= 0.6 is 0 Å². The van der Waals surface area contributed by atoms with Crippen molar-refractivity contribution in [1.82, 2.24) is 4.98 Å². The van der Waals surface area contributed by atoms with Crippen LogP contribution in [0.2, 0.25) is 0 Å². The zero-order valence-corrected chi connectivity index (χ0v) is 8.24. The van der Waals surface area contributed by atoms with Crippen molar-refractivity contribution >= 4 is 12.4 Å². The smallest absolute Gasteiger partial charge is 0.251 e. The summed E-state index contributed by atoms with van der Waals surface area (Å²) in [5.74, 6) is -0.242. The number of pyridine rings is 1. The van der Waals surface area contributed by atoms with E-state index >= 15 is 0 Å². The van der Waals surface area contributed by atoms with Gasteiger partial charge in [-0.05, 0) is 13.0 Å². The van der Waals surface area contributed by atoms with Gasteiger partial charge in [0.1, 0.15) is 0 Å². The highest BCUT2D eigenvalue weighted by molar-refractivity contribution is 5.88. The number of aliphatic imine (C=N–C) groups is 1. The summed E-state index contributed by atoms with van der Waals surface area (Å²) in [4.78, 5) is 17.8. The number of hydrogen-bond donors (Lipinski definition) is 2. The molecule has 0 aliphatic carbocycles. The van der Waals surface area contributed by atoms with Gasteiger partial charge in [-0.15, -0.1) is 0 Å². The molecular weight excluding hydrogens is 178 g/mol. The molecule has 14 heavy (non-hydrogen) atoms. The molecule has 0 aromatic carbocycles. The van der Waals surface area contributed by atoms with Crippen molar-refractivity contribution < 1.29 is 0 Å². The normalized spacial score (nSPS) is 13.0. The third kappa shape index (κ3) is 2.16. The molecule has 1 heterocycles. The van der Waals surface area contributed by atoms with Crippen LogP contribution < -0.4 is 5.56 Å². The van der Waals surface area contributed by atoms with Crippen LogP contribution in [0.5, 0.6) is 0 Å². The lowest BCUT2D eigenvalue weighted by Crippen LogP contribution is -2.15. The van der Waals surface area contributed by atoms with E-state index in [9.17, 15) is 4.79 Å². The molecule has 1 unspecified atom stereocenters. The number of aryl methyl sites for hydroxylation is 1. The van der Waals surface area contributed by atoms with Crippen LogP contribution in [0.4, 0.5) is 0 Å². The molecule has 0 fully saturated rings. The molecular formula is C10H13N3O. The summed E-state index contributed by atoms with van der Waals surface area (Å²) in [5.41, 5.74) is 1.26. The van der Waals surface area contributed by atoms with Gasteiger partial charge in [-0.1, -0.05) is 6.07 Å². The molecule has 1 atom stereocenters. The molecule has 2 N–H and O–H groups in total. The van der Waals surface area contributed by atoms with Crippen molar-refractivity contribution in [2.24, 2.45) is 4.99 Å². The van der Waals surface area contributed by atoms with Crippen LogP contribution in [0, 0.1) is 12.3 Å². The lowest BCUT2D eigenvalue weighted by atomic mass is 10.1. The minimum Gasteiger partial charge on any atom is -0.325 e. The van der Waals surface area contributed by atoms with Crippen molar-refractivity contribution in [3.63, 3.8) is 0 Å². The van der Waals surface area contributed by atoms with Crippen molar-refractivity contribution in [3.05, 3.63) is 33.7 Å². The lowest BCUT2D eigenvalue weighted by molar-refractivity contribution is 1.04. The van der Waals surface area contributed by atoms with E-state index in [4.69, 9.17) is 5.41 Å². The van der Waals surface area contributed by atoms with Gasteiger partial charge in [0.25, 0.3) is 5.56 Å². The Labute approximate surface area is 82.2 Å². The summed E-state index contributed by atoms with van der Waals surface area (Å²) in [6.07, 6.45) is 2.86. The highest BCUT2D eigenvalue weighted by Gasteiger charge is 2.06. The molecule has 0 amide bonds. The van der Waals surface area contributed by atoms with E-state index in [2.05, 4.69) is 9.98 Å². The van der Waals surface area contributed by atoms with Crippen molar-refractivity contribution in [3.8, 4) is 0 Å². The van der Waals surface area contributed by atoms with Gasteiger partial charge < -0.3 is 10.4 Å². The number of aromatic amines is 1. The first-order valence-corrected chi connectivity index (χ1v) is 4.31. The number of nitrogens with one attached hydrogen (secondary N) is 2. The Morgan fingerprint density at radius 2 is 2.29 bits per heavy atom. The molecule has 4 nitrogen and oxygen atoms in total. The number of nitrogens with zero attached hydrogens (tertiary/aromatic N) is 1. The summed E-state index contributed by atoms with van der Waals surface area (Å²) in [6.45, 7) is 1.75. The maximum Gasteiger partial charge on any atom is 0.251 e. The quantitative estimate of drug-likeness (QED) is 0.690. The Morgan fingerprint density at radius 3 is 2.79 bits per heavy atom. The second-order valence-electron chi connectivity index (χ2n) is 3.03. The Morgan fingerprint density at radius 1 is 1.57 bits per heavy atom. The van der Waals surface area contributed by atoms with E-state index in [-0.39, 0.29) is 11.5 Å². The fourth-order valence-corrected chi connectivity index (χ4v) is 1.13. The standard InChI is InChI=1S/C10H13N3O/c1-7-3-4-9(13-10(7)14)8(5-11)6-12-2/h3-6,8,11H,1-2H3,(H,13,14). The summed E-state index contributed by atoms with van der Waals surface area (Å²) in [6, 6.07) is 3.54.